The van der Waals surface area contributed by atoms with Crippen molar-refractivity contribution in [3.8, 4) is 5.88 Å². The number of hydrogen-bond acceptors (Lipinski definition) is 5. The molecule has 3 rings (SSSR count). The lowest BCUT2D eigenvalue weighted by Gasteiger charge is -2.36. The molecule has 2 heterocycles. The summed E-state index contributed by atoms with van der Waals surface area (Å²) >= 11 is 6.07. The van der Waals surface area contributed by atoms with Crippen molar-refractivity contribution in [2.24, 2.45) is 7.05 Å². The van der Waals surface area contributed by atoms with Gasteiger partial charge >= 0.3 is 0 Å². The van der Waals surface area contributed by atoms with Crippen LogP contribution >= 0.6 is 11.6 Å². The first-order valence-corrected chi connectivity index (χ1v) is 9.43. The summed E-state index contributed by atoms with van der Waals surface area (Å²) in [6, 6.07) is 7.84. The number of piperazine rings is 1. The van der Waals surface area contributed by atoms with E-state index in [9.17, 15) is 4.79 Å². The first-order valence-electron chi connectivity index (χ1n) is 9.05. The Morgan fingerprint density at radius 2 is 2.04 bits per heavy atom. The molecule has 0 bridgehead atoms. The molecule has 27 heavy (non-hydrogen) atoms. The Hall–Kier alpha value is -2.25. The molecule has 0 radical (unpaired) electrons. The summed E-state index contributed by atoms with van der Waals surface area (Å²) < 4.78 is 7.09. The van der Waals surface area contributed by atoms with Crippen LogP contribution in [0.2, 0.25) is 5.02 Å². The molecule has 0 saturated carbocycles. The summed E-state index contributed by atoms with van der Waals surface area (Å²) in [6.45, 7) is 5.83. The molecule has 1 amide bonds. The van der Waals surface area contributed by atoms with Crippen molar-refractivity contribution in [2.75, 3.05) is 44.7 Å². The molecule has 0 unspecified atom stereocenters. The van der Waals surface area contributed by atoms with Gasteiger partial charge in [0.2, 0.25) is 11.8 Å². The van der Waals surface area contributed by atoms with Gasteiger partial charge in [-0.2, -0.15) is 5.10 Å². The second kappa shape index (κ2) is 8.63. The second-order valence-corrected chi connectivity index (χ2v) is 7.08. The summed E-state index contributed by atoms with van der Waals surface area (Å²) in [5.41, 5.74) is 3.00. The van der Waals surface area contributed by atoms with Crippen molar-refractivity contribution in [1.82, 2.24) is 20.0 Å². The van der Waals surface area contributed by atoms with Gasteiger partial charge in [0.15, 0.2) is 0 Å². The number of nitrogens with one attached hydrogen (secondary N) is 1. The number of benzene rings is 1. The summed E-state index contributed by atoms with van der Waals surface area (Å²) in [6.07, 6.45) is 0. The van der Waals surface area contributed by atoms with Gasteiger partial charge in [0.1, 0.15) is 0 Å². The van der Waals surface area contributed by atoms with Crippen molar-refractivity contribution in [2.45, 2.75) is 13.5 Å². The average Bonchev–Trinajstić information content (AvgIpc) is 2.94. The van der Waals surface area contributed by atoms with Crippen LogP contribution in [0.1, 0.15) is 11.3 Å². The van der Waals surface area contributed by atoms with Crippen LogP contribution < -0.4 is 15.0 Å². The number of methoxy groups -OCH3 is 1. The van der Waals surface area contributed by atoms with E-state index in [1.807, 2.05) is 37.1 Å². The van der Waals surface area contributed by atoms with Crippen molar-refractivity contribution < 1.29 is 9.53 Å². The molecule has 1 aromatic carbocycles. The van der Waals surface area contributed by atoms with E-state index < -0.39 is 0 Å². The number of nitrogens with zero attached hydrogens (tertiary/aromatic N) is 4. The predicted octanol–water partition coefficient (Wildman–Crippen LogP) is 1.83. The van der Waals surface area contributed by atoms with E-state index in [0.717, 1.165) is 40.9 Å². The zero-order valence-corrected chi connectivity index (χ0v) is 16.8. The number of aromatic nitrogens is 2. The van der Waals surface area contributed by atoms with E-state index in [2.05, 4.69) is 21.4 Å². The summed E-state index contributed by atoms with van der Waals surface area (Å²) in [5, 5.41) is 8.31. The van der Waals surface area contributed by atoms with Crippen LogP contribution in [0.3, 0.4) is 0 Å². The van der Waals surface area contributed by atoms with Crippen LogP contribution in [0.4, 0.5) is 5.69 Å². The van der Waals surface area contributed by atoms with Crippen molar-refractivity contribution >= 4 is 23.2 Å². The first-order chi connectivity index (χ1) is 13.0. The second-order valence-electron chi connectivity index (χ2n) is 6.65. The smallest absolute Gasteiger partial charge is 0.236 e. The topological polar surface area (TPSA) is 62.6 Å². The Morgan fingerprint density at radius 1 is 1.30 bits per heavy atom. The largest absolute Gasteiger partial charge is 0.481 e. The predicted molar refractivity (Wildman–Crippen MR) is 106 cm³/mol. The normalized spacial score (nSPS) is 14.5. The van der Waals surface area contributed by atoms with E-state index in [1.54, 1.807) is 11.8 Å². The van der Waals surface area contributed by atoms with Gasteiger partial charge in [-0.3, -0.25) is 4.79 Å². The molecule has 1 aliphatic rings. The molecule has 1 saturated heterocycles. The van der Waals surface area contributed by atoms with Crippen LogP contribution in [-0.2, 0) is 18.4 Å². The lowest BCUT2D eigenvalue weighted by atomic mass is 10.2. The summed E-state index contributed by atoms with van der Waals surface area (Å²) in [4.78, 5) is 16.7. The molecule has 1 aliphatic heterocycles. The SMILES string of the molecule is COc1c(CNCC(=O)N2CCN(c3cccc(Cl)c3)CC2)c(C)nn1C. The average molecular weight is 392 g/mol. The molecule has 7 nitrogen and oxygen atoms in total. The Kier molecular flexibility index (Phi) is 6.23. The monoisotopic (exact) mass is 391 g/mol. The van der Waals surface area contributed by atoms with Crippen LogP contribution in [-0.4, -0.2) is 60.4 Å². The molecule has 1 fully saturated rings. The lowest BCUT2D eigenvalue weighted by molar-refractivity contribution is -0.130. The third-order valence-corrected chi connectivity index (χ3v) is 5.10. The maximum Gasteiger partial charge on any atom is 0.236 e. The van der Waals surface area contributed by atoms with E-state index in [-0.39, 0.29) is 5.91 Å². The maximum absolute atomic E-state index is 12.5. The van der Waals surface area contributed by atoms with Crippen molar-refractivity contribution in [3.63, 3.8) is 0 Å². The minimum Gasteiger partial charge on any atom is -0.481 e. The molecule has 2 aromatic rings. The molecule has 146 valence electrons. The van der Waals surface area contributed by atoms with Gasteiger partial charge in [-0.1, -0.05) is 17.7 Å². The quantitative estimate of drug-likeness (QED) is 0.814. The summed E-state index contributed by atoms with van der Waals surface area (Å²) in [7, 11) is 3.48. The number of amides is 1. The van der Waals surface area contributed by atoms with Gasteiger partial charge in [-0.15, -0.1) is 0 Å². The van der Waals surface area contributed by atoms with E-state index in [1.165, 1.54) is 0 Å². The zero-order valence-electron chi connectivity index (χ0n) is 16.0. The minimum absolute atomic E-state index is 0.112. The van der Waals surface area contributed by atoms with Gasteiger partial charge in [0.05, 0.1) is 24.9 Å². The van der Waals surface area contributed by atoms with Crippen LogP contribution in [0, 0.1) is 6.92 Å². The Bertz CT molecular complexity index is 799. The Balaban J connectivity index is 1.47. The minimum atomic E-state index is 0.112. The zero-order chi connectivity index (χ0) is 19.4. The molecule has 1 N–H and O–H groups in total. The van der Waals surface area contributed by atoms with Gasteiger partial charge in [0.25, 0.3) is 0 Å². The highest BCUT2D eigenvalue weighted by atomic mass is 35.5. The fourth-order valence-electron chi connectivity index (χ4n) is 3.43. The Labute approximate surface area is 164 Å². The highest BCUT2D eigenvalue weighted by Gasteiger charge is 2.21. The van der Waals surface area contributed by atoms with Gasteiger partial charge in [0, 0.05) is 50.5 Å². The van der Waals surface area contributed by atoms with E-state index >= 15 is 0 Å². The first kappa shape index (κ1) is 19.5. The van der Waals surface area contributed by atoms with Gasteiger partial charge in [-0.05, 0) is 25.1 Å². The third kappa shape index (κ3) is 4.54. The fraction of sp³-hybridized carbons (Fsp3) is 0.474. The number of carbonyl (C=O) groups excluding carboxylic acids is 1. The molecule has 0 atom stereocenters. The molecular formula is C19H26ClN5O2. The molecule has 8 heteroatoms. The number of halogens is 1. The lowest BCUT2D eigenvalue weighted by Crippen LogP contribution is -2.50. The number of hydrogen-bond donors (Lipinski definition) is 1. The van der Waals surface area contributed by atoms with Crippen molar-refractivity contribution in [1.29, 1.82) is 0 Å². The molecular weight excluding hydrogens is 366 g/mol. The molecule has 0 aliphatic carbocycles. The van der Waals surface area contributed by atoms with Crippen LogP contribution in [0.15, 0.2) is 24.3 Å². The van der Waals surface area contributed by atoms with Gasteiger partial charge in [-0.25, -0.2) is 4.68 Å². The van der Waals surface area contributed by atoms with Crippen molar-refractivity contribution in [3.05, 3.63) is 40.5 Å². The fourth-order valence-corrected chi connectivity index (χ4v) is 3.62. The molecule has 0 spiro atoms. The van der Waals surface area contributed by atoms with Crippen LogP contribution in [0.25, 0.3) is 0 Å². The summed E-state index contributed by atoms with van der Waals surface area (Å²) in [5.74, 6) is 0.837. The third-order valence-electron chi connectivity index (χ3n) is 4.87. The van der Waals surface area contributed by atoms with Gasteiger partial charge < -0.3 is 19.9 Å². The number of rotatable bonds is 6. The number of carbonyl (C=O) groups is 1. The number of ether oxygens (including phenoxy) is 1. The van der Waals surface area contributed by atoms with Crippen LogP contribution in [0.5, 0.6) is 5.88 Å². The van der Waals surface area contributed by atoms with E-state index in [0.29, 0.717) is 26.2 Å². The Morgan fingerprint density at radius 3 is 2.70 bits per heavy atom. The maximum atomic E-state index is 12.5. The number of aryl methyl sites for hydroxylation is 2. The highest BCUT2D eigenvalue weighted by molar-refractivity contribution is 6.30. The highest BCUT2D eigenvalue weighted by Crippen LogP contribution is 2.21. The van der Waals surface area contributed by atoms with E-state index in [4.69, 9.17) is 16.3 Å². The standard InChI is InChI=1S/C19H26ClN5O2/c1-14-17(19(27-3)23(2)22-14)12-21-13-18(26)25-9-7-24(8-10-25)16-6-4-5-15(20)11-16/h4-6,11,21H,7-10,12-13H2,1-3H3. The number of anilines is 1. The molecule has 1 aromatic heterocycles.